The highest BCUT2D eigenvalue weighted by Gasteiger charge is 2.59. The van der Waals surface area contributed by atoms with Crippen molar-refractivity contribution >= 4 is 29.1 Å². The molecule has 1 aliphatic heterocycles. The summed E-state index contributed by atoms with van der Waals surface area (Å²) in [5.41, 5.74) is 1.22. The average molecular weight is 418 g/mol. The van der Waals surface area contributed by atoms with E-state index in [1.807, 2.05) is 0 Å². The van der Waals surface area contributed by atoms with Gasteiger partial charge in [0.25, 0.3) is 5.91 Å². The maximum atomic E-state index is 13.1. The van der Waals surface area contributed by atoms with Crippen molar-refractivity contribution in [2.75, 3.05) is 24.4 Å². The van der Waals surface area contributed by atoms with Crippen LogP contribution in [0.3, 0.4) is 0 Å². The number of anilines is 2. The van der Waals surface area contributed by atoms with Crippen molar-refractivity contribution in [3.63, 3.8) is 0 Å². The van der Waals surface area contributed by atoms with Crippen LogP contribution < -0.4 is 19.7 Å². The molecule has 0 radical (unpaired) electrons. The maximum Gasteiger partial charge on any atom is 0.255 e. The minimum atomic E-state index is -0.380. The molecule has 5 rings (SSSR count). The lowest BCUT2D eigenvalue weighted by atomic mass is 9.85. The molecule has 2 fully saturated rings. The number of methoxy groups -OCH3 is 2. The first kappa shape index (κ1) is 19.4. The molecule has 2 aliphatic carbocycles. The zero-order chi connectivity index (χ0) is 21.7. The molecule has 2 bridgehead atoms. The molecular formula is C24H22N2O5. The number of nitrogens with zero attached hydrogens (tertiary/aromatic N) is 1. The SMILES string of the molecule is COc1ccc(OC)c(NC(=O)c2cccc(N3C(=O)[C@@H]4[C@@H](C3=O)[C@@H]3C=C[C@@H]4C3)c2)c1. The Labute approximate surface area is 179 Å². The van der Waals surface area contributed by atoms with Gasteiger partial charge in [-0.15, -0.1) is 0 Å². The summed E-state index contributed by atoms with van der Waals surface area (Å²) < 4.78 is 10.5. The Hall–Kier alpha value is -3.61. The van der Waals surface area contributed by atoms with Crippen LogP contribution in [0.4, 0.5) is 11.4 Å². The summed E-state index contributed by atoms with van der Waals surface area (Å²) in [6.07, 6.45) is 5.00. The summed E-state index contributed by atoms with van der Waals surface area (Å²) in [4.78, 5) is 40.3. The van der Waals surface area contributed by atoms with Crippen LogP contribution in [0.1, 0.15) is 16.8 Å². The fourth-order valence-electron chi connectivity index (χ4n) is 5.05. The third kappa shape index (κ3) is 3.00. The first-order valence-electron chi connectivity index (χ1n) is 10.2. The molecule has 0 unspecified atom stereocenters. The zero-order valence-corrected chi connectivity index (χ0v) is 17.2. The van der Waals surface area contributed by atoms with Gasteiger partial charge in [0.1, 0.15) is 11.5 Å². The van der Waals surface area contributed by atoms with E-state index >= 15 is 0 Å². The second-order valence-corrected chi connectivity index (χ2v) is 8.08. The number of nitrogens with one attached hydrogen (secondary N) is 1. The van der Waals surface area contributed by atoms with Gasteiger partial charge in [-0.3, -0.25) is 14.4 Å². The van der Waals surface area contributed by atoms with Gasteiger partial charge in [-0.1, -0.05) is 18.2 Å². The number of allylic oxidation sites excluding steroid dienone is 2. The van der Waals surface area contributed by atoms with Crippen molar-refractivity contribution in [1.82, 2.24) is 0 Å². The van der Waals surface area contributed by atoms with Gasteiger partial charge >= 0.3 is 0 Å². The van der Waals surface area contributed by atoms with Gasteiger partial charge in [-0.25, -0.2) is 4.90 Å². The van der Waals surface area contributed by atoms with Crippen molar-refractivity contribution in [3.05, 3.63) is 60.2 Å². The molecular weight excluding hydrogens is 396 g/mol. The lowest BCUT2D eigenvalue weighted by Gasteiger charge is -2.18. The minimum absolute atomic E-state index is 0.142. The van der Waals surface area contributed by atoms with Crippen LogP contribution in [-0.2, 0) is 9.59 Å². The molecule has 1 saturated carbocycles. The third-order valence-corrected chi connectivity index (χ3v) is 6.49. The lowest BCUT2D eigenvalue weighted by molar-refractivity contribution is -0.123. The Kier molecular flexibility index (Phi) is 4.54. The first-order valence-corrected chi connectivity index (χ1v) is 10.2. The first-order chi connectivity index (χ1) is 15.0. The summed E-state index contributed by atoms with van der Waals surface area (Å²) >= 11 is 0. The van der Waals surface area contributed by atoms with Crippen LogP contribution in [0.5, 0.6) is 11.5 Å². The van der Waals surface area contributed by atoms with Crippen LogP contribution in [0, 0.1) is 23.7 Å². The van der Waals surface area contributed by atoms with Gasteiger partial charge in [-0.05, 0) is 48.6 Å². The second-order valence-electron chi connectivity index (χ2n) is 8.08. The summed E-state index contributed by atoms with van der Waals surface area (Å²) in [5.74, 6) is 0.0834. The molecule has 0 aromatic heterocycles. The number of hydrogen-bond donors (Lipinski definition) is 1. The predicted octanol–water partition coefficient (Wildman–Crippen LogP) is 3.27. The Morgan fingerprint density at radius 2 is 1.68 bits per heavy atom. The van der Waals surface area contributed by atoms with Crippen molar-refractivity contribution in [2.45, 2.75) is 6.42 Å². The summed E-state index contributed by atoms with van der Waals surface area (Å²) in [5, 5.41) is 2.81. The van der Waals surface area contributed by atoms with Crippen LogP contribution in [-0.4, -0.2) is 31.9 Å². The molecule has 3 amide bonds. The van der Waals surface area contributed by atoms with Gasteiger partial charge in [0.05, 0.1) is 37.4 Å². The summed E-state index contributed by atoms with van der Waals surface area (Å²) in [6.45, 7) is 0. The van der Waals surface area contributed by atoms with E-state index in [9.17, 15) is 14.4 Å². The smallest absolute Gasteiger partial charge is 0.255 e. The number of ether oxygens (including phenoxy) is 2. The number of carbonyl (C=O) groups is 3. The van der Waals surface area contributed by atoms with Gasteiger partial charge in [-0.2, -0.15) is 0 Å². The standard InChI is InChI=1S/C24H22N2O5/c1-30-17-8-9-19(31-2)18(12-17)25-22(27)15-4-3-5-16(11-15)26-23(28)20-13-6-7-14(10-13)21(20)24(26)29/h3-9,11-14,20-21H,10H2,1-2H3,(H,25,27)/t13-,14-,20+,21+/m1/s1. The van der Waals surface area contributed by atoms with E-state index in [0.717, 1.165) is 6.42 Å². The molecule has 3 aliphatic rings. The quantitative estimate of drug-likeness (QED) is 0.595. The number of rotatable bonds is 5. The van der Waals surface area contributed by atoms with Crippen LogP contribution in [0.15, 0.2) is 54.6 Å². The zero-order valence-electron chi connectivity index (χ0n) is 17.2. The van der Waals surface area contributed by atoms with E-state index in [2.05, 4.69) is 17.5 Å². The van der Waals surface area contributed by atoms with E-state index in [-0.39, 0.29) is 41.4 Å². The van der Waals surface area contributed by atoms with Crippen LogP contribution in [0.2, 0.25) is 0 Å². The number of imide groups is 1. The molecule has 7 heteroatoms. The normalized spacial score (nSPS) is 25.7. The molecule has 0 spiro atoms. The number of fused-ring (bicyclic) bond motifs is 5. The molecule has 7 nitrogen and oxygen atoms in total. The lowest BCUT2D eigenvalue weighted by Crippen LogP contribution is -2.33. The molecule has 158 valence electrons. The summed E-state index contributed by atoms with van der Waals surface area (Å²) in [6, 6.07) is 11.7. The highest BCUT2D eigenvalue weighted by atomic mass is 16.5. The number of carbonyl (C=O) groups excluding carboxylic acids is 3. The van der Waals surface area contributed by atoms with Crippen molar-refractivity contribution in [2.24, 2.45) is 23.7 Å². The van der Waals surface area contributed by atoms with Gasteiger partial charge in [0.15, 0.2) is 0 Å². The highest BCUT2D eigenvalue weighted by Crippen LogP contribution is 2.53. The molecule has 1 heterocycles. The fraction of sp³-hybridized carbons (Fsp3) is 0.292. The van der Waals surface area contributed by atoms with Gasteiger partial charge in [0, 0.05) is 11.6 Å². The number of amides is 3. The van der Waals surface area contributed by atoms with Crippen LogP contribution >= 0.6 is 0 Å². The van der Waals surface area contributed by atoms with E-state index in [1.165, 1.54) is 19.1 Å². The monoisotopic (exact) mass is 418 g/mol. The van der Waals surface area contributed by atoms with E-state index < -0.39 is 0 Å². The minimum Gasteiger partial charge on any atom is -0.497 e. The predicted molar refractivity (Wildman–Crippen MR) is 114 cm³/mol. The second kappa shape index (κ2) is 7.27. The van der Waals surface area contributed by atoms with E-state index in [1.54, 1.807) is 42.5 Å². The number of benzene rings is 2. The number of hydrogen-bond acceptors (Lipinski definition) is 5. The average Bonchev–Trinajstić information content (AvgIpc) is 3.47. The Morgan fingerprint density at radius 3 is 2.32 bits per heavy atom. The van der Waals surface area contributed by atoms with Crippen molar-refractivity contribution in [3.8, 4) is 11.5 Å². The molecule has 4 atom stereocenters. The van der Waals surface area contributed by atoms with Gasteiger partial charge in [0.2, 0.25) is 11.8 Å². The Morgan fingerprint density at radius 1 is 0.968 bits per heavy atom. The summed E-state index contributed by atoms with van der Waals surface area (Å²) in [7, 11) is 3.06. The van der Waals surface area contributed by atoms with Crippen molar-refractivity contribution < 1.29 is 23.9 Å². The van der Waals surface area contributed by atoms with E-state index in [4.69, 9.17) is 9.47 Å². The molecule has 31 heavy (non-hydrogen) atoms. The maximum absolute atomic E-state index is 13.1. The fourth-order valence-corrected chi connectivity index (χ4v) is 5.05. The molecule has 1 N–H and O–H groups in total. The van der Waals surface area contributed by atoms with Crippen LogP contribution in [0.25, 0.3) is 0 Å². The molecule has 1 saturated heterocycles. The third-order valence-electron chi connectivity index (χ3n) is 6.49. The largest absolute Gasteiger partial charge is 0.497 e. The topological polar surface area (TPSA) is 84.9 Å². The Bertz CT molecular complexity index is 1090. The Balaban J connectivity index is 1.41. The van der Waals surface area contributed by atoms with Gasteiger partial charge < -0.3 is 14.8 Å². The highest BCUT2D eigenvalue weighted by molar-refractivity contribution is 6.23. The molecule has 2 aromatic rings. The van der Waals surface area contributed by atoms with E-state index in [0.29, 0.717) is 28.4 Å². The molecule has 2 aromatic carbocycles. The van der Waals surface area contributed by atoms with Crippen molar-refractivity contribution in [1.29, 1.82) is 0 Å².